The van der Waals surface area contributed by atoms with Crippen molar-refractivity contribution in [3.8, 4) is 0 Å². The van der Waals surface area contributed by atoms with Crippen LogP contribution in [0.3, 0.4) is 0 Å². The summed E-state index contributed by atoms with van der Waals surface area (Å²) in [6.45, 7) is 0. The molecule has 54 valence electrons. The van der Waals surface area contributed by atoms with Crippen LogP contribution in [0.1, 0.15) is 0 Å². The van der Waals surface area contributed by atoms with Crippen molar-refractivity contribution in [1.82, 2.24) is 9.55 Å². The van der Waals surface area contributed by atoms with Gasteiger partial charge in [-0.2, -0.15) is 5.10 Å². The Hall–Kier alpha value is -0.230. The number of halogens is 1. The topological polar surface area (TPSA) is 61.0 Å². The van der Waals surface area contributed by atoms with Gasteiger partial charge in [-0.3, -0.25) is 14.6 Å². The molecule has 0 bridgehead atoms. The van der Waals surface area contributed by atoms with Gasteiger partial charge >= 0.3 is 5.69 Å². The van der Waals surface area contributed by atoms with Crippen molar-refractivity contribution in [3.05, 3.63) is 20.0 Å². The van der Waals surface area contributed by atoms with Crippen LogP contribution in [0.5, 0.6) is 0 Å². The number of nitrogens with zero attached hydrogens (tertiary/aromatic N) is 3. The summed E-state index contributed by atoms with van der Waals surface area (Å²) in [5.74, 6) is 0. The number of nitro groups is 1. The third kappa shape index (κ3) is 1.43. The molecule has 0 radical (unpaired) electrons. The Labute approximate surface area is 72.3 Å². The minimum absolute atomic E-state index is 0.0376. The zero-order valence-corrected chi connectivity index (χ0v) is 8.00. The van der Waals surface area contributed by atoms with Crippen molar-refractivity contribution in [2.24, 2.45) is 0 Å². The van der Waals surface area contributed by atoms with Gasteiger partial charge in [0.15, 0.2) is 0 Å². The van der Waals surface area contributed by atoms with Crippen LogP contribution in [0.2, 0.25) is 0 Å². The maximum atomic E-state index is 10.2. The third-order valence-corrected chi connectivity index (χ3v) is 1.90. The first-order valence-electron chi connectivity index (χ1n) is 2.26. The van der Waals surface area contributed by atoms with Gasteiger partial charge in [-0.1, -0.05) is 0 Å². The van der Waals surface area contributed by atoms with Crippen LogP contribution in [0.25, 0.3) is 0 Å². The highest BCUT2D eigenvalue weighted by atomic mass is 127. The van der Waals surface area contributed by atoms with Gasteiger partial charge in [0.1, 0.15) is 6.20 Å². The highest BCUT2D eigenvalue weighted by molar-refractivity contribution is 14.1. The van der Waals surface area contributed by atoms with E-state index in [1.807, 2.05) is 22.6 Å². The van der Waals surface area contributed by atoms with Gasteiger partial charge in [0, 0.05) is 0 Å². The van der Waals surface area contributed by atoms with Crippen LogP contribution in [0.15, 0.2) is 6.20 Å². The first-order chi connectivity index (χ1) is 4.61. The molecule has 0 aliphatic heterocycles. The van der Waals surface area contributed by atoms with Gasteiger partial charge in [-0.05, 0) is 32.0 Å². The first-order valence-corrected chi connectivity index (χ1v) is 3.85. The monoisotopic (exact) mass is 271 g/mol. The lowest BCUT2D eigenvalue weighted by Gasteiger charge is -1.80. The number of hydrogen-bond donors (Lipinski definition) is 0. The van der Waals surface area contributed by atoms with Crippen LogP contribution >= 0.6 is 32.0 Å². The van der Waals surface area contributed by atoms with E-state index in [2.05, 4.69) is 14.5 Å². The van der Waals surface area contributed by atoms with Crippen molar-refractivity contribution in [3.63, 3.8) is 0 Å². The Morgan fingerprint density at radius 3 is 2.70 bits per heavy atom. The third-order valence-electron chi connectivity index (χ3n) is 0.866. The summed E-state index contributed by atoms with van der Waals surface area (Å²) in [6, 6.07) is 0. The summed E-state index contributed by atoms with van der Waals surface area (Å²) in [5, 5.41) is 13.9. The quantitative estimate of drug-likeness (QED) is 0.332. The van der Waals surface area contributed by atoms with Crippen molar-refractivity contribution in [1.29, 1.82) is 0 Å². The SMILES string of the molecule is O=[N+]([O-])c1cn(P)nc1I. The Balaban J connectivity index is 3.15. The van der Waals surface area contributed by atoms with Crippen LogP contribution in [-0.4, -0.2) is 14.5 Å². The molecule has 0 aliphatic rings. The molecule has 0 aromatic carbocycles. The van der Waals surface area contributed by atoms with E-state index in [0.29, 0.717) is 3.70 Å². The molecule has 0 spiro atoms. The predicted octanol–water partition coefficient (Wildman–Crippen LogP) is 1.03. The lowest BCUT2D eigenvalue weighted by Crippen LogP contribution is -1.86. The standard InChI is InChI=1S/C3H3IN3O2P/c4-3-2(7(8)9)1-6(10)5-3/h1H,10H2. The van der Waals surface area contributed by atoms with Crippen molar-refractivity contribution in [2.45, 2.75) is 0 Å². The Kier molecular flexibility index (Phi) is 2.20. The Bertz CT molecular complexity index is 273. The second kappa shape index (κ2) is 2.79. The minimum atomic E-state index is -0.463. The molecule has 1 unspecified atom stereocenters. The summed E-state index contributed by atoms with van der Waals surface area (Å²) in [7, 11) is 2.23. The van der Waals surface area contributed by atoms with Crippen molar-refractivity contribution in [2.75, 3.05) is 0 Å². The lowest BCUT2D eigenvalue weighted by atomic mass is 10.6. The molecule has 7 heteroatoms. The molecule has 0 N–H and O–H groups in total. The molecule has 1 heterocycles. The zero-order chi connectivity index (χ0) is 7.72. The number of hydrogen-bond acceptors (Lipinski definition) is 3. The van der Waals surface area contributed by atoms with E-state index >= 15 is 0 Å². The first kappa shape index (κ1) is 7.87. The molecule has 0 saturated heterocycles. The van der Waals surface area contributed by atoms with Crippen molar-refractivity contribution >= 4 is 37.7 Å². The largest absolute Gasteiger partial charge is 0.320 e. The fourth-order valence-corrected chi connectivity index (χ4v) is 1.56. The molecule has 0 saturated carbocycles. The molecule has 0 aliphatic carbocycles. The van der Waals surface area contributed by atoms with Crippen LogP contribution in [0.4, 0.5) is 5.69 Å². The summed E-state index contributed by atoms with van der Waals surface area (Å²) in [6.07, 6.45) is 1.34. The smallest absolute Gasteiger partial charge is 0.258 e. The minimum Gasteiger partial charge on any atom is -0.258 e. The molecule has 0 fully saturated rings. The lowest BCUT2D eigenvalue weighted by molar-refractivity contribution is -0.385. The van der Waals surface area contributed by atoms with E-state index in [-0.39, 0.29) is 5.69 Å². The predicted molar refractivity (Wildman–Crippen MR) is 46.7 cm³/mol. The number of rotatable bonds is 1. The summed E-state index contributed by atoms with van der Waals surface area (Å²) in [4.78, 5) is 9.71. The maximum absolute atomic E-state index is 10.2. The van der Waals surface area contributed by atoms with Gasteiger partial charge in [0.05, 0.1) is 4.92 Å². The molecular formula is C3H3IN3O2P. The average Bonchev–Trinajstić information content (AvgIpc) is 2.10. The Morgan fingerprint density at radius 1 is 1.90 bits per heavy atom. The molecule has 1 rings (SSSR count). The van der Waals surface area contributed by atoms with E-state index in [9.17, 15) is 10.1 Å². The fraction of sp³-hybridized carbons (Fsp3) is 0. The van der Waals surface area contributed by atoms with Crippen LogP contribution in [-0.2, 0) is 0 Å². The average molecular weight is 271 g/mol. The van der Waals surface area contributed by atoms with Crippen LogP contribution in [0, 0.1) is 13.8 Å². The molecular weight excluding hydrogens is 268 g/mol. The fourth-order valence-electron chi connectivity index (χ4n) is 0.482. The second-order valence-electron chi connectivity index (χ2n) is 1.54. The highest BCUT2D eigenvalue weighted by Gasteiger charge is 2.14. The van der Waals surface area contributed by atoms with E-state index in [4.69, 9.17) is 0 Å². The van der Waals surface area contributed by atoms with E-state index in [1.165, 1.54) is 10.6 Å². The highest BCUT2D eigenvalue weighted by Crippen LogP contribution is 2.18. The van der Waals surface area contributed by atoms with Crippen molar-refractivity contribution < 1.29 is 4.92 Å². The molecule has 1 aromatic heterocycles. The van der Waals surface area contributed by atoms with Gasteiger partial charge in [0.2, 0.25) is 3.70 Å². The molecule has 10 heavy (non-hydrogen) atoms. The van der Waals surface area contributed by atoms with Gasteiger partial charge in [-0.25, -0.2) is 0 Å². The van der Waals surface area contributed by atoms with Gasteiger partial charge in [0.25, 0.3) is 0 Å². The molecule has 0 amide bonds. The number of aromatic nitrogens is 2. The zero-order valence-electron chi connectivity index (χ0n) is 4.69. The van der Waals surface area contributed by atoms with Gasteiger partial charge < -0.3 is 0 Å². The summed E-state index contributed by atoms with van der Waals surface area (Å²) < 4.78 is 1.73. The normalized spacial score (nSPS) is 9.80. The molecule has 1 aromatic rings. The van der Waals surface area contributed by atoms with Crippen LogP contribution < -0.4 is 0 Å². The molecule has 5 nitrogen and oxygen atoms in total. The van der Waals surface area contributed by atoms with E-state index in [1.54, 1.807) is 0 Å². The molecule has 1 atom stereocenters. The van der Waals surface area contributed by atoms with E-state index in [0.717, 1.165) is 0 Å². The summed E-state index contributed by atoms with van der Waals surface area (Å²) in [5.41, 5.74) is 0.0376. The van der Waals surface area contributed by atoms with Gasteiger partial charge in [-0.15, -0.1) is 0 Å². The maximum Gasteiger partial charge on any atom is 0.320 e. The Morgan fingerprint density at radius 2 is 2.50 bits per heavy atom. The second-order valence-corrected chi connectivity index (χ2v) is 3.09. The summed E-state index contributed by atoms with van der Waals surface area (Å²) >= 11 is 1.81. The van der Waals surface area contributed by atoms with E-state index < -0.39 is 4.92 Å².